The van der Waals surface area contributed by atoms with Crippen molar-refractivity contribution in [1.82, 2.24) is 0 Å². The standard InChI is InChI=1S/C8H14O2/c1-3-9-8-6-7(2)4-5-10-8/h4-5,7-8H,3,6H2,1-2H3/t7-,8-/m1/s1. The van der Waals surface area contributed by atoms with Gasteiger partial charge in [0.2, 0.25) is 0 Å². The van der Waals surface area contributed by atoms with Gasteiger partial charge in [-0.3, -0.25) is 0 Å². The number of ether oxygens (including phenoxy) is 2. The Labute approximate surface area is 61.8 Å². The molecule has 1 rings (SSSR count). The molecule has 2 nitrogen and oxygen atoms in total. The second-order valence-corrected chi connectivity index (χ2v) is 2.56. The van der Waals surface area contributed by atoms with Gasteiger partial charge in [-0.05, 0) is 18.9 Å². The molecule has 2 heteroatoms. The summed E-state index contributed by atoms with van der Waals surface area (Å²) < 4.78 is 10.5. The highest BCUT2D eigenvalue weighted by molar-refractivity contribution is 4.85. The van der Waals surface area contributed by atoms with Gasteiger partial charge in [0, 0.05) is 13.0 Å². The van der Waals surface area contributed by atoms with Gasteiger partial charge in [0.15, 0.2) is 6.29 Å². The topological polar surface area (TPSA) is 18.5 Å². The van der Waals surface area contributed by atoms with E-state index in [1.807, 2.05) is 6.92 Å². The van der Waals surface area contributed by atoms with Gasteiger partial charge in [0.25, 0.3) is 0 Å². The molecule has 10 heavy (non-hydrogen) atoms. The maximum absolute atomic E-state index is 5.28. The molecule has 0 fully saturated rings. The lowest BCUT2D eigenvalue weighted by molar-refractivity contribution is -0.117. The zero-order valence-corrected chi connectivity index (χ0v) is 6.54. The summed E-state index contributed by atoms with van der Waals surface area (Å²) >= 11 is 0. The van der Waals surface area contributed by atoms with Crippen molar-refractivity contribution in [3.63, 3.8) is 0 Å². The first-order chi connectivity index (χ1) is 4.83. The molecule has 0 saturated carbocycles. The van der Waals surface area contributed by atoms with Crippen molar-refractivity contribution in [1.29, 1.82) is 0 Å². The first kappa shape index (κ1) is 7.61. The maximum atomic E-state index is 5.28. The molecule has 1 aliphatic rings. The molecule has 0 unspecified atom stereocenters. The van der Waals surface area contributed by atoms with Crippen LogP contribution in [0.4, 0.5) is 0 Å². The summed E-state index contributed by atoms with van der Waals surface area (Å²) in [5.41, 5.74) is 0. The van der Waals surface area contributed by atoms with Crippen LogP contribution in [0, 0.1) is 5.92 Å². The monoisotopic (exact) mass is 142 g/mol. The first-order valence-electron chi connectivity index (χ1n) is 3.76. The molecule has 0 N–H and O–H groups in total. The zero-order valence-electron chi connectivity index (χ0n) is 6.54. The van der Waals surface area contributed by atoms with E-state index in [2.05, 4.69) is 13.0 Å². The molecule has 0 aromatic rings. The smallest absolute Gasteiger partial charge is 0.199 e. The third-order valence-electron chi connectivity index (χ3n) is 1.55. The van der Waals surface area contributed by atoms with Gasteiger partial charge < -0.3 is 9.47 Å². The normalized spacial score (nSPS) is 31.8. The molecule has 0 saturated heterocycles. The van der Waals surface area contributed by atoms with E-state index in [1.54, 1.807) is 6.26 Å². The Morgan fingerprint density at radius 3 is 3.10 bits per heavy atom. The minimum atomic E-state index is -0.00926. The molecule has 0 spiro atoms. The largest absolute Gasteiger partial charge is 0.473 e. The number of allylic oxidation sites excluding steroid dienone is 1. The van der Waals surface area contributed by atoms with Gasteiger partial charge >= 0.3 is 0 Å². The fraction of sp³-hybridized carbons (Fsp3) is 0.750. The van der Waals surface area contributed by atoms with Crippen LogP contribution in [0.2, 0.25) is 0 Å². The Hall–Kier alpha value is -0.500. The molecule has 2 atom stereocenters. The van der Waals surface area contributed by atoms with E-state index in [1.165, 1.54) is 0 Å². The Bertz CT molecular complexity index is 120. The molecule has 1 heterocycles. The van der Waals surface area contributed by atoms with Crippen molar-refractivity contribution in [2.75, 3.05) is 6.61 Å². The SMILES string of the molecule is CCO[C@H]1C[C@H](C)C=CO1. The van der Waals surface area contributed by atoms with Crippen LogP contribution in [0.5, 0.6) is 0 Å². The third-order valence-corrected chi connectivity index (χ3v) is 1.55. The van der Waals surface area contributed by atoms with Crippen LogP contribution in [0.3, 0.4) is 0 Å². The average molecular weight is 142 g/mol. The minimum Gasteiger partial charge on any atom is -0.473 e. The van der Waals surface area contributed by atoms with Crippen LogP contribution in [0.25, 0.3) is 0 Å². The average Bonchev–Trinajstić information content (AvgIpc) is 1.88. The Kier molecular flexibility index (Phi) is 2.75. The summed E-state index contributed by atoms with van der Waals surface area (Å²) in [4.78, 5) is 0. The second-order valence-electron chi connectivity index (χ2n) is 2.56. The van der Waals surface area contributed by atoms with Crippen molar-refractivity contribution < 1.29 is 9.47 Å². The summed E-state index contributed by atoms with van der Waals surface area (Å²) in [5, 5.41) is 0. The second kappa shape index (κ2) is 3.62. The first-order valence-corrected chi connectivity index (χ1v) is 3.76. The van der Waals surface area contributed by atoms with E-state index in [-0.39, 0.29) is 6.29 Å². The molecule has 0 amide bonds. The lowest BCUT2D eigenvalue weighted by atomic mass is 10.1. The summed E-state index contributed by atoms with van der Waals surface area (Å²) in [6, 6.07) is 0. The highest BCUT2D eigenvalue weighted by Gasteiger charge is 2.14. The Morgan fingerprint density at radius 1 is 1.70 bits per heavy atom. The van der Waals surface area contributed by atoms with Crippen molar-refractivity contribution in [2.45, 2.75) is 26.6 Å². The van der Waals surface area contributed by atoms with Gasteiger partial charge in [0.1, 0.15) is 0 Å². The van der Waals surface area contributed by atoms with Crippen LogP contribution < -0.4 is 0 Å². The van der Waals surface area contributed by atoms with Crippen LogP contribution in [-0.4, -0.2) is 12.9 Å². The molecule has 58 valence electrons. The molecule has 1 aliphatic heterocycles. The fourth-order valence-electron chi connectivity index (χ4n) is 0.998. The molecule has 0 aromatic heterocycles. The Balaban J connectivity index is 2.29. The maximum Gasteiger partial charge on any atom is 0.199 e. The van der Waals surface area contributed by atoms with E-state index >= 15 is 0 Å². The summed E-state index contributed by atoms with van der Waals surface area (Å²) in [7, 11) is 0. The van der Waals surface area contributed by atoms with Gasteiger partial charge in [0.05, 0.1) is 6.26 Å². The molecular weight excluding hydrogens is 128 g/mol. The summed E-state index contributed by atoms with van der Waals surface area (Å²) in [6.07, 6.45) is 4.75. The third kappa shape index (κ3) is 2.03. The quantitative estimate of drug-likeness (QED) is 0.586. The van der Waals surface area contributed by atoms with E-state index in [0.717, 1.165) is 13.0 Å². The fourth-order valence-corrected chi connectivity index (χ4v) is 0.998. The van der Waals surface area contributed by atoms with Gasteiger partial charge in [-0.2, -0.15) is 0 Å². The molecule has 0 aliphatic carbocycles. The minimum absolute atomic E-state index is 0.00926. The van der Waals surface area contributed by atoms with Crippen molar-refractivity contribution in [2.24, 2.45) is 5.92 Å². The number of hydrogen-bond donors (Lipinski definition) is 0. The number of hydrogen-bond acceptors (Lipinski definition) is 2. The van der Waals surface area contributed by atoms with E-state index in [4.69, 9.17) is 9.47 Å². The van der Waals surface area contributed by atoms with Crippen molar-refractivity contribution in [3.8, 4) is 0 Å². The zero-order chi connectivity index (χ0) is 7.40. The van der Waals surface area contributed by atoms with Crippen molar-refractivity contribution >= 4 is 0 Å². The van der Waals surface area contributed by atoms with Gasteiger partial charge in [-0.15, -0.1) is 0 Å². The summed E-state index contributed by atoms with van der Waals surface area (Å²) in [6.45, 7) is 4.86. The number of rotatable bonds is 2. The Morgan fingerprint density at radius 2 is 2.50 bits per heavy atom. The summed E-state index contributed by atoms with van der Waals surface area (Å²) in [5.74, 6) is 0.588. The lowest BCUT2D eigenvalue weighted by Crippen LogP contribution is -2.20. The van der Waals surface area contributed by atoms with E-state index in [0.29, 0.717) is 5.92 Å². The van der Waals surface area contributed by atoms with Crippen LogP contribution in [0.15, 0.2) is 12.3 Å². The lowest BCUT2D eigenvalue weighted by Gasteiger charge is -2.22. The van der Waals surface area contributed by atoms with E-state index < -0.39 is 0 Å². The molecule has 0 aromatic carbocycles. The van der Waals surface area contributed by atoms with Crippen molar-refractivity contribution in [3.05, 3.63) is 12.3 Å². The van der Waals surface area contributed by atoms with Crippen LogP contribution in [0.1, 0.15) is 20.3 Å². The predicted molar refractivity (Wildman–Crippen MR) is 39.4 cm³/mol. The van der Waals surface area contributed by atoms with Gasteiger partial charge in [-0.25, -0.2) is 0 Å². The molecule has 0 radical (unpaired) electrons. The van der Waals surface area contributed by atoms with Crippen LogP contribution in [-0.2, 0) is 9.47 Å². The van der Waals surface area contributed by atoms with Gasteiger partial charge in [-0.1, -0.05) is 6.92 Å². The van der Waals surface area contributed by atoms with Crippen LogP contribution >= 0.6 is 0 Å². The predicted octanol–water partition coefficient (Wildman–Crippen LogP) is 1.92. The molecule has 0 bridgehead atoms. The van der Waals surface area contributed by atoms with E-state index in [9.17, 15) is 0 Å². The highest BCUT2D eigenvalue weighted by atomic mass is 16.7. The molecular formula is C8H14O2. The highest BCUT2D eigenvalue weighted by Crippen LogP contribution is 2.16.